The van der Waals surface area contributed by atoms with Crippen LogP contribution in [-0.4, -0.2) is 54.8 Å². The molecular weight excluding hydrogens is 425 g/mol. The zero-order valence-electron chi connectivity index (χ0n) is 19.3. The number of amides is 1. The molecule has 9 nitrogen and oxygen atoms in total. The highest BCUT2D eigenvalue weighted by molar-refractivity contribution is 5.98. The number of rotatable bonds is 11. The number of nitrogens with two attached hydrogens (primary N) is 2. The van der Waals surface area contributed by atoms with Gasteiger partial charge in [0.15, 0.2) is 11.6 Å². The molecule has 1 saturated carbocycles. The lowest BCUT2D eigenvalue weighted by molar-refractivity contribution is 0.100. The summed E-state index contributed by atoms with van der Waals surface area (Å²) in [5, 5.41) is 6.17. The van der Waals surface area contributed by atoms with E-state index in [-0.39, 0.29) is 29.3 Å². The molecule has 10 heteroatoms. The molecule has 1 fully saturated rings. The number of hydrogen-bond acceptors (Lipinski definition) is 8. The van der Waals surface area contributed by atoms with Crippen molar-refractivity contribution in [3.8, 4) is 0 Å². The maximum atomic E-state index is 14.7. The van der Waals surface area contributed by atoms with Crippen LogP contribution in [0, 0.1) is 5.82 Å². The Labute approximate surface area is 194 Å². The van der Waals surface area contributed by atoms with Gasteiger partial charge in [0.2, 0.25) is 0 Å². The minimum Gasteiger partial charge on any atom is -0.383 e. The second-order valence-corrected chi connectivity index (χ2v) is 8.29. The molecule has 2 aromatic heterocycles. The molecule has 2 heterocycles. The van der Waals surface area contributed by atoms with Gasteiger partial charge in [-0.1, -0.05) is 19.8 Å². The van der Waals surface area contributed by atoms with Crippen LogP contribution in [0.2, 0.25) is 0 Å². The monoisotopic (exact) mass is 459 g/mol. The minimum absolute atomic E-state index is 0.0391. The number of methoxy groups -OCH3 is 1. The summed E-state index contributed by atoms with van der Waals surface area (Å²) in [6.07, 6.45) is 6.42. The predicted octanol–water partition coefficient (Wildman–Crippen LogP) is 3.00. The Balaban J connectivity index is 1.81. The van der Waals surface area contributed by atoms with Crippen LogP contribution in [0.3, 0.4) is 0 Å². The van der Waals surface area contributed by atoms with Gasteiger partial charge in [-0.3, -0.25) is 4.79 Å². The Hall–Kier alpha value is -2.98. The van der Waals surface area contributed by atoms with Crippen molar-refractivity contribution < 1.29 is 13.9 Å². The number of primary amides is 1. The van der Waals surface area contributed by atoms with E-state index in [1.165, 1.54) is 0 Å². The van der Waals surface area contributed by atoms with Crippen LogP contribution in [0.25, 0.3) is 0 Å². The third-order valence-corrected chi connectivity index (χ3v) is 5.78. The lowest BCUT2D eigenvalue weighted by Gasteiger charge is -2.30. The van der Waals surface area contributed by atoms with Gasteiger partial charge in [-0.25, -0.2) is 14.4 Å². The number of nitrogens with one attached hydrogen (secondary N) is 2. The van der Waals surface area contributed by atoms with Crippen molar-refractivity contribution >= 4 is 29.0 Å². The molecule has 0 spiro atoms. The maximum absolute atomic E-state index is 14.7. The van der Waals surface area contributed by atoms with E-state index in [2.05, 4.69) is 32.4 Å². The van der Waals surface area contributed by atoms with Crippen molar-refractivity contribution in [3.05, 3.63) is 35.8 Å². The van der Waals surface area contributed by atoms with E-state index in [9.17, 15) is 9.18 Å². The number of aromatic nitrogens is 2. The van der Waals surface area contributed by atoms with Gasteiger partial charge in [0.05, 0.1) is 24.1 Å². The molecule has 1 amide bonds. The van der Waals surface area contributed by atoms with Crippen LogP contribution < -0.4 is 27.0 Å². The van der Waals surface area contributed by atoms with Crippen LogP contribution in [-0.2, 0) is 4.74 Å². The van der Waals surface area contributed by atoms with Crippen molar-refractivity contribution in [2.24, 2.45) is 11.5 Å². The lowest BCUT2D eigenvalue weighted by atomic mass is 9.91. The van der Waals surface area contributed by atoms with E-state index in [0.29, 0.717) is 12.3 Å². The van der Waals surface area contributed by atoms with Crippen molar-refractivity contribution in [2.75, 3.05) is 42.3 Å². The standard InChI is InChI=1S/C23H34FN7O2/c1-3-10-31(11-12-33-2)20-9-8-15(14-27-20)28-22-16(21(26)32)13-17(24)23(30-22)29-19-7-5-4-6-18(19)25/h8-9,13-14,18-19H,3-7,10-12,25H2,1-2H3,(H2,26,32)(H2,28,29,30)/t18-,19?/m0/s1. The van der Waals surface area contributed by atoms with E-state index in [1.54, 1.807) is 13.3 Å². The molecular formula is C23H34FN7O2. The Morgan fingerprint density at radius 1 is 1.27 bits per heavy atom. The first-order valence-electron chi connectivity index (χ1n) is 11.4. The number of carbonyl (C=O) groups is 1. The fraction of sp³-hybridized carbons (Fsp3) is 0.522. The van der Waals surface area contributed by atoms with E-state index in [0.717, 1.165) is 57.1 Å². The van der Waals surface area contributed by atoms with E-state index >= 15 is 0 Å². The molecule has 3 rings (SSSR count). The van der Waals surface area contributed by atoms with Gasteiger partial charge in [0, 0.05) is 32.3 Å². The summed E-state index contributed by atoms with van der Waals surface area (Å²) in [7, 11) is 1.67. The number of carbonyl (C=O) groups excluding carboxylic acids is 1. The number of halogens is 1. The molecule has 1 unspecified atom stereocenters. The minimum atomic E-state index is -0.775. The number of hydrogen-bond donors (Lipinski definition) is 4. The van der Waals surface area contributed by atoms with Crippen LogP contribution in [0.15, 0.2) is 24.4 Å². The molecule has 33 heavy (non-hydrogen) atoms. The summed E-state index contributed by atoms with van der Waals surface area (Å²) in [4.78, 5) is 22.9. The Morgan fingerprint density at radius 3 is 2.70 bits per heavy atom. The number of ether oxygens (including phenoxy) is 1. The molecule has 180 valence electrons. The molecule has 0 aromatic carbocycles. The quantitative estimate of drug-likeness (QED) is 0.403. The fourth-order valence-corrected chi connectivity index (χ4v) is 3.98. The molecule has 2 aromatic rings. The fourth-order valence-electron chi connectivity index (χ4n) is 3.98. The second kappa shape index (κ2) is 11.8. The second-order valence-electron chi connectivity index (χ2n) is 8.29. The maximum Gasteiger partial charge on any atom is 0.252 e. The zero-order chi connectivity index (χ0) is 23.8. The normalized spacial score (nSPS) is 18.1. The Kier molecular flexibility index (Phi) is 8.79. The van der Waals surface area contributed by atoms with Gasteiger partial charge in [-0.15, -0.1) is 0 Å². The predicted molar refractivity (Wildman–Crippen MR) is 128 cm³/mol. The molecule has 1 aliphatic rings. The van der Waals surface area contributed by atoms with Crippen molar-refractivity contribution in [3.63, 3.8) is 0 Å². The first kappa shape index (κ1) is 24.7. The van der Waals surface area contributed by atoms with E-state index < -0.39 is 11.7 Å². The highest BCUT2D eigenvalue weighted by Crippen LogP contribution is 2.27. The first-order valence-corrected chi connectivity index (χ1v) is 11.4. The van der Waals surface area contributed by atoms with Crippen molar-refractivity contribution in [2.45, 2.75) is 51.1 Å². The van der Waals surface area contributed by atoms with Gasteiger partial charge in [0.1, 0.15) is 11.6 Å². The van der Waals surface area contributed by atoms with Gasteiger partial charge >= 0.3 is 0 Å². The number of anilines is 4. The van der Waals surface area contributed by atoms with Gasteiger partial charge in [-0.05, 0) is 37.5 Å². The number of nitrogens with zero attached hydrogens (tertiary/aromatic N) is 3. The smallest absolute Gasteiger partial charge is 0.252 e. The molecule has 0 aliphatic heterocycles. The van der Waals surface area contributed by atoms with E-state index in [4.69, 9.17) is 16.2 Å². The van der Waals surface area contributed by atoms with Crippen molar-refractivity contribution in [1.82, 2.24) is 9.97 Å². The Bertz CT molecular complexity index is 926. The summed E-state index contributed by atoms with van der Waals surface area (Å²) >= 11 is 0. The third kappa shape index (κ3) is 6.52. The molecule has 1 aliphatic carbocycles. The topological polar surface area (TPSA) is 131 Å². The van der Waals surface area contributed by atoms with Gasteiger partial charge in [0.25, 0.3) is 5.91 Å². The van der Waals surface area contributed by atoms with Crippen LogP contribution in [0.1, 0.15) is 49.4 Å². The highest BCUT2D eigenvalue weighted by Gasteiger charge is 2.24. The molecule has 6 N–H and O–H groups in total. The van der Waals surface area contributed by atoms with E-state index in [1.807, 2.05) is 12.1 Å². The zero-order valence-corrected chi connectivity index (χ0v) is 19.3. The third-order valence-electron chi connectivity index (χ3n) is 5.78. The van der Waals surface area contributed by atoms with Crippen LogP contribution >= 0.6 is 0 Å². The largest absolute Gasteiger partial charge is 0.383 e. The summed E-state index contributed by atoms with van der Waals surface area (Å²) in [5.41, 5.74) is 12.2. The van der Waals surface area contributed by atoms with Crippen LogP contribution in [0.5, 0.6) is 0 Å². The van der Waals surface area contributed by atoms with Crippen LogP contribution in [0.4, 0.5) is 27.5 Å². The lowest BCUT2D eigenvalue weighted by Crippen LogP contribution is -2.43. The Morgan fingerprint density at radius 2 is 2.06 bits per heavy atom. The summed E-state index contributed by atoms with van der Waals surface area (Å²) in [6.45, 7) is 4.29. The SMILES string of the molecule is CCCN(CCOC)c1ccc(Nc2nc(NC3CCCC[C@@H]3N)c(F)cc2C(N)=O)cn1. The van der Waals surface area contributed by atoms with Gasteiger partial charge < -0.3 is 31.7 Å². The summed E-state index contributed by atoms with van der Waals surface area (Å²) < 4.78 is 19.9. The number of pyridine rings is 2. The molecule has 2 atom stereocenters. The molecule has 0 saturated heterocycles. The molecule has 0 radical (unpaired) electrons. The first-order chi connectivity index (χ1) is 15.9. The molecule has 0 bridgehead atoms. The van der Waals surface area contributed by atoms with Gasteiger partial charge in [-0.2, -0.15) is 0 Å². The summed E-state index contributed by atoms with van der Waals surface area (Å²) in [5.74, 6) is -0.398. The average molecular weight is 460 g/mol. The highest BCUT2D eigenvalue weighted by atomic mass is 19.1. The summed E-state index contributed by atoms with van der Waals surface area (Å²) in [6, 6.07) is 4.65. The average Bonchev–Trinajstić information content (AvgIpc) is 2.80. The van der Waals surface area contributed by atoms with Crippen molar-refractivity contribution in [1.29, 1.82) is 0 Å².